The Labute approximate surface area is 158 Å². The number of imidazole rings is 1. The Morgan fingerprint density at radius 1 is 1.38 bits per heavy atom. The fraction of sp³-hybridized carbons (Fsp3) is 0.211. The lowest BCUT2D eigenvalue weighted by Gasteiger charge is -2.13. The molecule has 1 amide bonds. The third kappa shape index (κ3) is 3.28. The number of H-pyrrole nitrogens is 1. The van der Waals surface area contributed by atoms with Gasteiger partial charge in [-0.1, -0.05) is 24.0 Å². The summed E-state index contributed by atoms with van der Waals surface area (Å²) < 4.78 is 0.734. The van der Waals surface area contributed by atoms with E-state index in [1.165, 1.54) is 0 Å². The normalized spacial score (nSPS) is 16.5. The summed E-state index contributed by atoms with van der Waals surface area (Å²) in [6, 6.07) is 9.47. The number of halogens is 1. The molecule has 26 heavy (non-hydrogen) atoms. The second kappa shape index (κ2) is 6.81. The number of rotatable bonds is 1. The minimum Gasteiger partial charge on any atom is -0.383 e. The van der Waals surface area contributed by atoms with Gasteiger partial charge in [-0.3, -0.25) is 4.79 Å². The number of nitrogen functional groups attached to an aromatic ring is 1. The molecule has 3 aromatic rings. The van der Waals surface area contributed by atoms with Gasteiger partial charge in [0.1, 0.15) is 5.82 Å². The van der Waals surface area contributed by atoms with Crippen LogP contribution in [-0.2, 0) is 0 Å². The molecule has 1 fully saturated rings. The Hall–Kier alpha value is -2.85. The van der Waals surface area contributed by atoms with Gasteiger partial charge in [-0.2, -0.15) is 0 Å². The lowest BCUT2D eigenvalue weighted by molar-refractivity contribution is 0.0779. The average Bonchev–Trinajstić information content (AvgIpc) is 3.29. The van der Waals surface area contributed by atoms with E-state index < -0.39 is 0 Å². The summed E-state index contributed by atoms with van der Waals surface area (Å²) in [6.45, 7) is 1.28. The zero-order valence-electron chi connectivity index (χ0n) is 13.9. The van der Waals surface area contributed by atoms with Crippen molar-refractivity contribution in [2.24, 2.45) is 5.92 Å². The van der Waals surface area contributed by atoms with Crippen molar-refractivity contribution in [1.29, 1.82) is 0 Å². The molecule has 6 nitrogen and oxygen atoms in total. The van der Waals surface area contributed by atoms with Crippen molar-refractivity contribution in [3.05, 3.63) is 52.4 Å². The molecule has 1 unspecified atom stereocenters. The zero-order valence-corrected chi connectivity index (χ0v) is 15.5. The number of amides is 1. The second-order valence-electron chi connectivity index (χ2n) is 6.20. The molecule has 1 saturated heterocycles. The number of anilines is 1. The van der Waals surface area contributed by atoms with E-state index in [2.05, 4.69) is 42.7 Å². The standard InChI is InChI=1S/C19H16BrN5O/c20-14-9-13(10-22-17(14)21)6-5-12-7-8-25(11-12)19(26)18-23-15-3-1-2-4-16(15)24-18/h1-4,9-10,12H,7-8,11H2,(H2,21,22)(H,23,24). The van der Waals surface area contributed by atoms with Crippen LogP contribution in [0.3, 0.4) is 0 Å². The first-order valence-electron chi connectivity index (χ1n) is 8.27. The van der Waals surface area contributed by atoms with Crippen LogP contribution in [0, 0.1) is 17.8 Å². The molecular weight excluding hydrogens is 394 g/mol. The van der Waals surface area contributed by atoms with Crippen LogP contribution in [-0.4, -0.2) is 38.8 Å². The topological polar surface area (TPSA) is 87.9 Å². The quantitative estimate of drug-likeness (QED) is 0.604. The van der Waals surface area contributed by atoms with Crippen LogP contribution in [0.25, 0.3) is 11.0 Å². The zero-order chi connectivity index (χ0) is 18.1. The minimum absolute atomic E-state index is 0.0811. The van der Waals surface area contributed by atoms with Gasteiger partial charge in [0.25, 0.3) is 5.91 Å². The summed E-state index contributed by atoms with van der Waals surface area (Å²) in [7, 11) is 0. The predicted molar refractivity (Wildman–Crippen MR) is 103 cm³/mol. The molecule has 1 atom stereocenters. The Kier molecular flexibility index (Phi) is 4.35. The Morgan fingerprint density at radius 3 is 3.04 bits per heavy atom. The number of hydrogen-bond acceptors (Lipinski definition) is 4. The fourth-order valence-electron chi connectivity index (χ4n) is 2.97. The highest BCUT2D eigenvalue weighted by Crippen LogP contribution is 2.20. The number of likely N-dealkylation sites (tertiary alicyclic amines) is 1. The molecule has 1 aliphatic rings. The van der Waals surface area contributed by atoms with Gasteiger partial charge in [0.05, 0.1) is 15.5 Å². The van der Waals surface area contributed by atoms with Gasteiger partial charge in [0, 0.05) is 30.8 Å². The minimum atomic E-state index is -0.0811. The molecule has 130 valence electrons. The van der Waals surface area contributed by atoms with Gasteiger partial charge in [-0.25, -0.2) is 9.97 Å². The number of nitrogens with zero attached hydrogens (tertiary/aromatic N) is 3. The van der Waals surface area contributed by atoms with Crippen LogP contribution in [0.15, 0.2) is 41.0 Å². The van der Waals surface area contributed by atoms with Crippen molar-refractivity contribution in [3.8, 4) is 11.8 Å². The van der Waals surface area contributed by atoms with Crippen molar-refractivity contribution in [1.82, 2.24) is 19.9 Å². The molecule has 0 aliphatic carbocycles. The van der Waals surface area contributed by atoms with Crippen LogP contribution in [0.2, 0.25) is 0 Å². The lowest BCUT2D eigenvalue weighted by atomic mass is 10.1. The van der Waals surface area contributed by atoms with E-state index in [1.807, 2.05) is 30.3 Å². The third-order valence-corrected chi connectivity index (χ3v) is 4.99. The number of para-hydroxylation sites is 2. The number of aromatic nitrogens is 3. The molecule has 3 N–H and O–H groups in total. The van der Waals surface area contributed by atoms with Gasteiger partial charge in [-0.15, -0.1) is 0 Å². The first kappa shape index (κ1) is 16.6. The molecule has 4 rings (SSSR count). The van der Waals surface area contributed by atoms with Gasteiger partial charge in [-0.05, 0) is 40.5 Å². The van der Waals surface area contributed by atoms with Crippen molar-refractivity contribution in [2.45, 2.75) is 6.42 Å². The Bertz CT molecular complexity index is 1020. The molecule has 1 aromatic carbocycles. The van der Waals surface area contributed by atoms with Crippen molar-refractivity contribution in [3.63, 3.8) is 0 Å². The van der Waals surface area contributed by atoms with Crippen molar-refractivity contribution < 1.29 is 4.79 Å². The molecule has 2 aromatic heterocycles. The van der Waals surface area contributed by atoms with Gasteiger partial charge in [0.15, 0.2) is 5.82 Å². The Morgan fingerprint density at radius 2 is 2.23 bits per heavy atom. The van der Waals surface area contributed by atoms with Gasteiger partial charge in [0.2, 0.25) is 0 Å². The van der Waals surface area contributed by atoms with E-state index in [0.717, 1.165) is 27.5 Å². The molecule has 0 saturated carbocycles. The average molecular weight is 410 g/mol. The first-order chi connectivity index (χ1) is 12.6. The first-order valence-corrected chi connectivity index (χ1v) is 9.06. The van der Waals surface area contributed by atoms with Gasteiger partial charge >= 0.3 is 0 Å². The lowest BCUT2D eigenvalue weighted by Crippen LogP contribution is -2.29. The maximum atomic E-state index is 12.7. The van der Waals surface area contributed by atoms with Gasteiger partial charge < -0.3 is 15.6 Å². The van der Waals surface area contributed by atoms with Crippen molar-refractivity contribution >= 4 is 38.7 Å². The Balaban J connectivity index is 1.45. The molecule has 0 bridgehead atoms. The van der Waals surface area contributed by atoms with E-state index in [1.54, 1.807) is 11.1 Å². The van der Waals surface area contributed by atoms with Crippen LogP contribution < -0.4 is 5.73 Å². The van der Waals surface area contributed by atoms with Crippen LogP contribution in [0.1, 0.15) is 22.6 Å². The summed E-state index contributed by atoms with van der Waals surface area (Å²) in [5, 5.41) is 0. The maximum absolute atomic E-state index is 12.7. The molecule has 7 heteroatoms. The summed E-state index contributed by atoms with van der Waals surface area (Å²) >= 11 is 3.35. The molecule has 0 spiro atoms. The fourth-order valence-corrected chi connectivity index (χ4v) is 3.32. The molecule has 3 heterocycles. The van der Waals surface area contributed by atoms with Crippen molar-refractivity contribution in [2.75, 3.05) is 18.8 Å². The maximum Gasteiger partial charge on any atom is 0.289 e. The number of aromatic amines is 1. The summed E-state index contributed by atoms with van der Waals surface area (Å²) in [5.74, 6) is 7.23. The predicted octanol–water partition coefficient (Wildman–Crippen LogP) is 2.82. The third-order valence-electron chi connectivity index (χ3n) is 4.36. The highest BCUT2D eigenvalue weighted by molar-refractivity contribution is 9.10. The molecular formula is C19H16BrN5O. The van der Waals surface area contributed by atoms with E-state index in [9.17, 15) is 4.79 Å². The van der Waals surface area contributed by atoms with Crippen LogP contribution >= 0.6 is 15.9 Å². The SMILES string of the molecule is Nc1ncc(C#CC2CCN(C(=O)c3nc4ccccc4[nH]3)C2)cc1Br. The number of benzene rings is 1. The highest BCUT2D eigenvalue weighted by Gasteiger charge is 2.27. The number of hydrogen-bond donors (Lipinski definition) is 2. The monoisotopic (exact) mass is 409 g/mol. The van der Waals surface area contributed by atoms with Crippen LogP contribution in [0.4, 0.5) is 5.82 Å². The second-order valence-corrected chi connectivity index (χ2v) is 7.05. The number of carbonyl (C=O) groups excluding carboxylic acids is 1. The number of fused-ring (bicyclic) bond motifs is 1. The van der Waals surface area contributed by atoms with Crippen LogP contribution in [0.5, 0.6) is 0 Å². The summed E-state index contributed by atoms with van der Waals surface area (Å²) in [6.07, 6.45) is 2.50. The molecule has 1 aliphatic heterocycles. The summed E-state index contributed by atoms with van der Waals surface area (Å²) in [5.41, 5.74) is 8.15. The number of nitrogens with two attached hydrogens (primary N) is 1. The smallest absolute Gasteiger partial charge is 0.289 e. The number of pyridine rings is 1. The van der Waals surface area contributed by atoms with E-state index in [4.69, 9.17) is 5.73 Å². The highest BCUT2D eigenvalue weighted by atomic mass is 79.9. The number of carbonyl (C=O) groups is 1. The largest absolute Gasteiger partial charge is 0.383 e. The number of nitrogens with one attached hydrogen (secondary N) is 1. The summed E-state index contributed by atoms with van der Waals surface area (Å²) in [4.78, 5) is 26.0. The van der Waals surface area contributed by atoms with E-state index in [0.29, 0.717) is 24.7 Å². The van der Waals surface area contributed by atoms with E-state index >= 15 is 0 Å². The van der Waals surface area contributed by atoms with E-state index in [-0.39, 0.29) is 11.8 Å². The molecule has 0 radical (unpaired) electrons.